The molecule has 4 aromatic rings. The van der Waals surface area contributed by atoms with Crippen LogP contribution < -0.4 is 9.64 Å². The van der Waals surface area contributed by atoms with Crippen molar-refractivity contribution < 1.29 is 9.53 Å². The Hall–Kier alpha value is -3.51. The highest BCUT2D eigenvalue weighted by Gasteiger charge is 2.48. The number of methoxy groups -OCH3 is 1. The van der Waals surface area contributed by atoms with Crippen molar-refractivity contribution in [3.8, 4) is 16.3 Å². The van der Waals surface area contributed by atoms with Crippen LogP contribution in [0.1, 0.15) is 49.8 Å². The van der Waals surface area contributed by atoms with Gasteiger partial charge in [-0.2, -0.15) is 0 Å². The van der Waals surface area contributed by atoms with Crippen molar-refractivity contribution in [2.24, 2.45) is 4.99 Å². The SMILES string of the molecule is COc1cc2c3c(c1)[C@@H](C)CC(C)(C)N3C(=O)C2=Nc1ccc(-c2nc3ccc(C)cc3s2)cc1. The van der Waals surface area contributed by atoms with Crippen LogP contribution in [0, 0.1) is 6.92 Å². The van der Waals surface area contributed by atoms with Gasteiger partial charge in [-0.25, -0.2) is 9.98 Å². The van der Waals surface area contributed by atoms with E-state index in [1.165, 1.54) is 10.3 Å². The summed E-state index contributed by atoms with van der Waals surface area (Å²) in [5.74, 6) is 1.04. The van der Waals surface area contributed by atoms with Crippen molar-refractivity contribution in [2.75, 3.05) is 12.0 Å². The fourth-order valence-corrected chi connectivity index (χ4v) is 6.54. The number of aliphatic imine (C=N–C) groups is 1. The highest BCUT2D eigenvalue weighted by Crippen LogP contribution is 2.50. The van der Waals surface area contributed by atoms with Crippen LogP contribution in [0.15, 0.2) is 59.6 Å². The van der Waals surface area contributed by atoms with Gasteiger partial charge in [0.1, 0.15) is 16.5 Å². The van der Waals surface area contributed by atoms with E-state index in [0.29, 0.717) is 11.6 Å². The minimum atomic E-state index is -0.279. The summed E-state index contributed by atoms with van der Waals surface area (Å²) in [5, 5.41) is 0.981. The summed E-state index contributed by atoms with van der Waals surface area (Å²) in [6, 6.07) is 18.3. The fourth-order valence-electron chi connectivity index (χ4n) is 5.47. The number of nitrogens with zero attached hydrogens (tertiary/aromatic N) is 3. The van der Waals surface area contributed by atoms with Gasteiger partial charge in [-0.15, -0.1) is 11.3 Å². The van der Waals surface area contributed by atoms with E-state index in [0.717, 1.165) is 50.8 Å². The number of anilines is 1. The molecule has 0 saturated heterocycles. The van der Waals surface area contributed by atoms with Gasteiger partial charge in [-0.05, 0) is 92.8 Å². The molecule has 3 heterocycles. The Morgan fingerprint density at radius 3 is 2.63 bits per heavy atom. The van der Waals surface area contributed by atoms with Crippen LogP contribution in [-0.2, 0) is 4.79 Å². The van der Waals surface area contributed by atoms with E-state index >= 15 is 0 Å². The Kier molecular flexibility index (Phi) is 4.87. The van der Waals surface area contributed by atoms with Gasteiger partial charge in [0, 0.05) is 16.7 Å². The number of fused-ring (bicyclic) bond motifs is 1. The first kappa shape index (κ1) is 22.0. The minimum Gasteiger partial charge on any atom is -0.497 e. The van der Waals surface area contributed by atoms with E-state index < -0.39 is 0 Å². The smallest absolute Gasteiger partial charge is 0.278 e. The van der Waals surface area contributed by atoms with Gasteiger partial charge in [0.05, 0.1) is 28.7 Å². The van der Waals surface area contributed by atoms with Crippen molar-refractivity contribution in [3.05, 3.63) is 71.3 Å². The number of aryl methyl sites for hydroxylation is 1. The molecule has 0 bridgehead atoms. The second-order valence-corrected chi connectivity index (χ2v) is 11.2. The monoisotopic (exact) mass is 481 g/mol. The van der Waals surface area contributed by atoms with Crippen molar-refractivity contribution in [1.29, 1.82) is 0 Å². The molecule has 0 aliphatic carbocycles. The molecule has 0 fully saturated rings. The molecule has 0 N–H and O–H groups in total. The third kappa shape index (κ3) is 3.47. The molecule has 5 nitrogen and oxygen atoms in total. The van der Waals surface area contributed by atoms with Crippen molar-refractivity contribution in [2.45, 2.75) is 45.6 Å². The summed E-state index contributed by atoms with van der Waals surface area (Å²) >= 11 is 1.69. The number of carbonyl (C=O) groups excluding carboxylic acids is 1. The number of hydrogen-bond donors (Lipinski definition) is 0. The number of carbonyl (C=O) groups is 1. The summed E-state index contributed by atoms with van der Waals surface area (Å²) in [5.41, 5.74) is 7.23. The quantitative estimate of drug-likeness (QED) is 0.315. The molecule has 3 aromatic carbocycles. The Labute approximate surface area is 209 Å². The number of benzene rings is 3. The predicted octanol–water partition coefficient (Wildman–Crippen LogP) is 7.03. The second kappa shape index (κ2) is 7.75. The molecule has 2 aliphatic heterocycles. The van der Waals surface area contributed by atoms with Crippen LogP contribution in [0.25, 0.3) is 20.8 Å². The number of hydrogen-bond acceptors (Lipinski definition) is 5. The molecule has 0 spiro atoms. The number of amides is 1. The normalized spacial score (nSPS) is 19.5. The van der Waals surface area contributed by atoms with Crippen LogP contribution in [0.2, 0.25) is 0 Å². The lowest BCUT2D eigenvalue weighted by atomic mass is 9.80. The van der Waals surface area contributed by atoms with Gasteiger partial charge in [-0.3, -0.25) is 4.79 Å². The zero-order valence-corrected chi connectivity index (χ0v) is 21.4. The molecule has 1 atom stereocenters. The average molecular weight is 482 g/mol. The van der Waals surface area contributed by atoms with Crippen LogP contribution in [0.5, 0.6) is 5.75 Å². The number of ether oxygens (including phenoxy) is 1. The van der Waals surface area contributed by atoms with Gasteiger partial charge in [0.2, 0.25) is 0 Å². The summed E-state index contributed by atoms with van der Waals surface area (Å²) in [6.45, 7) is 8.58. The molecule has 35 heavy (non-hydrogen) atoms. The highest BCUT2D eigenvalue weighted by atomic mass is 32.1. The van der Waals surface area contributed by atoms with E-state index in [-0.39, 0.29) is 11.4 Å². The summed E-state index contributed by atoms with van der Waals surface area (Å²) < 4.78 is 6.77. The van der Waals surface area contributed by atoms with Gasteiger partial charge in [0.25, 0.3) is 5.91 Å². The summed E-state index contributed by atoms with van der Waals surface area (Å²) in [7, 11) is 1.67. The first-order valence-corrected chi connectivity index (χ1v) is 12.7. The number of aromatic nitrogens is 1. The second-order valence-electron chi connectivity index (χ2n) is 10.2. The van der Waals surface area contributed by atoms with Crippen LogP contribution in [-0.4, -0.2) is 29.3 Å². The average Bonchev–Trinajstić information content (AvgIpc) is 3.37. The molecule has 0 unspecified atom stereocenters. The number of rotatable bonds is 3. The Morgan fingerprint density at radius 1 is 1.11 bits per heavy atom. The first-order valence-electron chi connectivity index (χ1n) is 11.9. The third-order valence-corrected chi connectivity index (χ3v) is 8.14. The maximum absolute atomic E-state index is 13.7. The van der Waals surface area contributed by atoms with E-state index in [1.807, 2.05) is 35.2 Å². The molecule has 1 aromatic heterocycles. The molecule has 1 amide bonds. The molecule has 6 heteroatoms. The van der Waals surface area contributed by atoms with Crippen LogP contribution >= 0.6 is 11.3 Å². The maximum atomic E-state index is 13.7. The van der Waals surface area contributed by atoms with Crippen molar-refractivity contribution in [1.82, 2.24) is 4.98 Å². The fraction of sp³-hybridized carbons (Fsp3) is 0.276. The van der Waals surface area contributed by atoms with Gasteiger partial charge < -0.3 is 9.64 Å². The first-order chi connectivity index (χ1) is 16.7. The Morgan fingerprint density at radius 2 is 1.89 bits per heavy atom. The lowest BCUT2D eigenvalue weighted by Gasteiger charge is -2.43. The predicted molar refractivity (Wildman–Crippen MR) is 144 cm³/mol. The van der Waals surface area contributed by atoms with E-state index in [4.69, 9.17) is 14.7 Å². The van der Waals surface area contributed by atoms with Gasteiger partial charge >= 0.3 is 0 Å². The van der Waals surface area contributed by atoms with Gasteiger partial charge in [0.15, 0.2) is 0 Å². The Bertz CT molecular complexity index is 1530. The van der Waals surface area contributed by atoms with Crippen LogP contribution in [0.3, 0.4) is 0 Å². The van der Waals surface area contributed by atoms with Crippen molar-refractivity contribution in [3.63, 3.8) is 0 Å². The molecule has 176 valence electrons. The maximum Gasteiger partial charge on any atom is 0.278 e. The highest BCUT2D eigenvalue weighted by molar-refractivity contribution is 7.21. The summed E-state index contributed by atoms with van der Waals surface area (Å²) in [6.07, 6.45) is 0.891. The largest absolute Gasteiger partial charge is 0.497 e. The number of thiazole rings is 1. The van der Waals surface area contributed by atoms with Gasteiger partial charge in [-0.1, -0.05) is 13.0 Å². The van der Waals surface area contributed by atoms with Crippen LogP contribution in [0.4, 0.5) is 11.4 Å². The minimum absolute atomic E-state index is 0.0444. The van der Waals surface area contributed by atoms with E-state index in [2.05, 4.69) is 52.0 Å². The standard InChI is InChI=1S/C29H27N3O2S/c1-16-6-11-23-24(12-16)35-27(31-23)18-7-9-19(10-8-18)30-25-22-14-20(34-5)13-21-17(2)15-29(3,4)32(26(21)22)28(25)33/h6-14,17H,15H2,1-5H3/t17-/m0/s1. The molecule has 0 radical (unpaired) electrons. The molecule has 0 saturated carbocycles. The zero-order chi connectivity index (χ0) is 24.5. The Balaban J connectivity index is 1.41. The van der Waals surface area contributed by atoms with E-state index in [9.17, 15) is 4.79 Å². The molecule has 6 rings (SSSR count). The molecular formula is C29H27N3O2S. The van der Waals surface area contributed by atoms with Crippen molar-refractivity contribution >= 4 is 44.5 Å². The lowest BCUT2D eigenvalue weighted by Crippen LogP contribution is -2.50. The topological polar surface area (TPSA) is 54.8 Å². The third-order valence-electron chi connectivity index (χ3n) is 7.07. The molecule has 2 aliphatic rings. The molecular weight excluding hydrogens is 454 g/mol. The lowest BCUT2D eigenvalue weighted by molar-refractivity contribution is -0.113. The summed E-state index contributed by atoms with van der Waals surface area (Å²) in [4.78, 5) is 25.2. The zero-order valence-electron chi connectivity index (χ0n) is 20.5. The van der Waals surface area contributed by atoms with E-state index in [1.54, 1.807) is 18.4 Å².